The van der Waals surface area contributed by atoms with E-state index in [1.807, 2.05) is 38.1 Å². The van der Waals surface area contributed by atoms with Gasteiger partial charge < -0.3 is 10.2 Å². The lowest BCUT2D eigenvalue weighted by molar-refractivity contribution is 0.0936. The third-order valence-corrected chi connectivity index (χ3v) is 6.46. The van der Waals surface area contributed by atoms with Crippen LogP contribution in [0, 0.1) is 5.82 Å². The second kappa shape index (κ2) is 8.94. The molecule has 0 bridgehead atoms. The summed E-state index contributed by atoms with van der Waals surface area (Å²) in [4.78, 5) is 29.6. The van der Waals surface area contributed by atoms with Crippen LogP contribution in [0.5, 0.6) is 0 Å². The van der Waals surface area contributed by atoms with Crippen LogP contribution in [0.1, 0.15) is 46.5 Å². The van der Waals surface area contributed by atoms with Crippen molar-refractivity contribution in [2.45, 2.75) is 42.6 Å². The Labute approximate surface area is 185 Å². The molecular weight excluding hydrogens is 411 g/mol. The fourth-order valence-electron chi connectivity index (χ4n) is 3.45. The van der Waals surface area contributed by atoms with Crippen LogP contribution in [-0.2, 0) is 6.54 Å². The maximum atomic E-state index is 13.8. The van der Waals surface area contributed by atoms with Crippen molar-refractivity contribution in [1.82, 2.24) is 5.32 Å². The van der Waals surface area contributed by atoms with Gasteiger partial charge in [0.1, 0.15) is 5.82 Å². The van der Waals surface area contributed by atoms with E-state index in [-0.39, 0.29) is 30.2 Å². The first-order chi connectivity index (χ1) is 15.0. The summed E-state index contributed by atoms with van der Waals surface area (Å²) in [5.74, 6) is -0.705. The molecule has 0 spiro atoms. The molecule has 0 unspecified atom stereocenters. The number of carbonyl (C=O) groups excluding carboxylic acids is 2. The summed E-state index contributed by atoms with van der Waals surface area (Å²) in [6.07, 6.45) is 0.825. The van der Waals surface area contributed by atoms with Gasteiger partial charge in [0.2, 0.25) is 0 Å². The number of carbonyl (C=O) groups is 2. The highest BCUT2D eigenvalue weighted by molar-refractivity contribution is 7.99. The van der Waals surface area contributed by atoms with Gasteiger partial charge in [-0.3, -0.25) is 9.59 Å². The second-order valence-corrected chi connectivity index (χ2v) is 8.67. The van der Waals surface area contributed by atoms with Crippen LogP contribution in [-0.4, -0.2) is 17.9 Å². The number of nitrogens with zero attached hydrogens (tertiary/aromatic N) is 1. The van der Waals surface area contributed by atoms with Gasteiger partial charge in [-0.1, -0.05) is 43.0 Å². The quantitative estimate of drug-likeness (QED) is 0.563. The van der Waals surface area contributed by atoms with Gasteiger partial charge in [0.05, 0.1) is 17.8 Å². The number of fused-ring (bicyclic) bond motifs is 2. The SMILES string of the molecule is CC[C@H](C)NC(=O)c1ccc2c(c1)N(Cc1cccc(F)c1)C(=O)c1ccccc1S2. The standard InChI is InChI=1S/C25H23FN2O2S/c1-3-16(2)27-24(29)18-11-12-23-21(14-18)28(15-17-7-6-8-19(26)13-17)25(30)20-9-4-5-10-22(20)31-23/h4-14,16H,3,15H2,1-2H3,(H,27,29)/t16-/m0/s1. The number of amides is 2. The molecule has 1 aliphatic rings. The number of nitrogens with one attached hydrogen (secondary N) is 1. The highest BCUT2D eigenvalue weighted by atomic mass is 32.2. The van der Waals surface area contributed by atoms with E-state index in [4.69, 9.17) is 0 Å². The Morgan fingerprint density at radius 1 is 1.06 bits per heavy atom. The van der Waals surface area contributed by atoms with Crippen molar-refractivity contribution in [1.29, 1.82) is 0 Å². The summed E-state index contributed by atoms with van der Waals surface area (Å²) in [5, 5.41) is 2.97. The highest BCUT2D eigenvalue weighted by Crippen LogP contribution is 2.42. The molecule has 2 amide bonds. The molecule has 1 atom stereocenters. The molecule has 0 aliphatic carbocycles. The molecule has 1 aliphatic heterocycles. The molecule has 4 nitrogen and oxygen atoms in total. The Hall–Kier alpha value is -3.12. The van der Waals surface area contributed by atoms with E-state index in [0.29, 0.717) is 22.4 Å². The molecule has 0 saturated carbocycles. The predicted molar refractivity (Wildman–Crippen MR) is 121 cm³/mol. The second-order valence-electron chi connectivity index (χ2n) is 7.58. The third kappa shape index (κ3) is 4.49. The molecule has 0 radical (unpaired) electrons. The first kappa shape index (κ1) is 21.1. The summed E-state index contributed by atoms with van der Waals surface area (Å²) in [5.41, 5.74) is 2.40. The van der Waals surface area contributed by atoms with Crippen LogP contribution < -0.4 is 10.2 Å². The van der Waals surface area contributed by atoms with Gasteiger partial charge in [-0.25, -0.2) is 4.39 Å². The smallest absolute Gasteiger partial charge is 0.259 e. The van der Waals surface area contributed by atoms with E-state index in [0.717, 1.165) is 16.2 Å². The molecule has 0 saturated heterocycles. The number of halogens is 1. The maximum absolute atomic E-state index is 13.8. The van der Waals surface area contributed by atoms with Crippen LogP contribution in [0.3, 0.4) is 0 Å². The van der Waals surface area contributed by atoms with Crippen LogP contribution in [0.4, 0.5) is 10.1 Å². The molecule has 4 rings (SSSR count). The molecule has 1 N–H and O–H groups in total. The van der Waals surface area contributed by atoms with Crippen molar-refractivity contribution in [2.24, 2.45) is 0 Å². The zero-order valence-electron chi connectivity index (χ0n) is 17.4. The molecule has 0 aromatic heterocycles. The average Bonchev–Trinajstić information content (AvgIpc) is 2.88. The average molecular weight is 435 g/mol. The first-order valence-corrected chi connectivity index (χ1v) is 11.1. The minimum Gasteiger partial charge on any atom is -0.350 e. The van der Waals surface area contributed by atoms with Gasteiger partial charge in [0, 0.05) is 21.4 Å². The summed E-state index contributed by atoms with van der Waals surface area (Å²) in [6.45, 7) is 4.16. The zero-order chi connectivity index (χ0) is 22.0. The summed E-state index contributed by atoms with van der Waals surface area (Å²) >= 11 is 1.50. The minimum atomic E-state index is -0.351. The Bertz CT molecular complexity index is 1150. The zero-order valence-corrected chi connectivity index (χ0v) is 18.2. The topological polar surface area (TPSA) is 49.4 Å². The van der Waals surface area contributed by atoms with Crippen molar-refractivity contribution in [3.63, 3.8) is 0 Å². The van der Waals surface area contributed by atoms with E-state index in [1.54, 1.807) is 35.2 Å². The van der Waals surface area contributed by atoms with E-state index in [2.05, 4.69) is 5.32 Å². The maximum Gasteiger partial charge on any atom is 0.259 e. The molecule has 0 fully saturated rings. The first-order valence-electron chi connectivity index (χ1n) is 10.2. The molecule has 31 heavy (non-hydrogen) atoms. The van der Waals surface area contributed by atoms with Crippen molar-refractivity contribution < 1.29 is 14.0 Å². The monoisotopic (exact) mass is 434 g/mol. The van der Waals surface area contributed by atoms with Crippen LogP contribution in [0.15, 0.2) is 76.5 Å². The van der Waals surface area contributed by atoms with Crippen molar-refractivity contribution in [2.75, 3.05) is 4.90 Å². The molecule has 3 aromatic rings. The summed E-state index contributed by atoms with van der Waals surface area (Å²) in [7, 11) is 0. The van der Waals surface area contributed by atoms with Gasteiger partial charge in [-0.2, -0.15) is 0 Å². The number of anilines is 1. The highest BCUT2D eigenvalue weighted by Gasteiger charge is 2.28. The van der Waals surface area contributed by atoms with Crippen molar-refractivity contribution in [3.05, 3.63) is 89.2 Å². The van der Waals surface area contributed by atoms with Gasteiger partial charge in [0.15, 0.2) is 0 Å². The number of hydrogen-bond acceptors (Lipinski definition) is 3. The van der Waals surface area contributed by atoms with Crippen molar-refractivity contribution in [3.8, 4) is 0 Å². The Morgan fingerprint density at radius 2 is 1.87 bits per heavy atom. The Morgan fingerprint density at radius 3 is 2.65 bits per heavy atom. The Balaban J connectivity index is 1.79. The number of benzene rings is 3. The molecular formula is C25H23FN2O2S. The van der Waals surface area contributed by atoms with Crippen molar-refractivity contribution >= 4 is 29.3 Å². The minimum absolute atomic E-state index is 0.0509. The molecule has 6 heteroatoms. The summed E-state index contributed by atoms with van der Waals surface area (Å²) in [6, 6.07) is 19.1. The van der Waals surface area contributed by atoms with Crippen LogP contribution >= 0.6 is 11.8 Å². The van der Waals surface area contributed by atoms with Crippen LogP contribution in [0.25, 0.3) is 0 Å². The van der Waals surface area contributed by atoms with Gasteiger partial charge in [-0.15, -0.1) is 0 Å². The lowest BCUT2D eigenvalue weighted by Crippen LogP contribution is -2.33. The van der Waals surface area contributed by atoms with E-state index >= 15 is 0 Å². The van der Waals surface area contributed by atoms with E-state index in [1.165, 1.54) is 23.9 Å². The predicted octanol–water partition coefficient (Wildman–Crippen LogP) is 5.67. The van der Waals surface area contributed by atoms with Crippen LogP contribution in [0.2, 0.25) is 0 Å². The molecule has 158 valence electrons. The van der Waals surface area contributed by atoms with Gasteiger partial charge in [-0.05, 0) is 61.4 Å². The largest absolute Gasteiger partial charge is 0.350 e. The fourth-order valence-corrected chi connectivity index (χ4v) is 4.50. The van der Waals surface area contributed by atoms with Gasteiger partial charge in [0.25, 0.3) is 11.8 Å². The summed E-state index contributed by atoms with van der Waals surface area (Å²) < 4.78 is 13.8. The fraction of sp³-hybridized carbons (Fsp3) is 0.200. The third-order valence-electron chi connectivity index (χ3n) is 5.31. The molecule has 3 aromatic carbocycles. The number of rotatable bonds is 5. The van der Waals surface area contributed by atoms with E-state index < -0.39 is 0 Å². The van der Waals surface area contributed by atoms with Gasteiger partial charge >= 0.3 is 0 Å². The lowest BCUT2D eigenvalue weighted by Gasteiger charge is -2.24. The number of hydrogen-bond donors (Lipinski definition) is 1. The lowest BCUT2D eigenvalue weighted by atomic mass is 10.1. The molecule has 1 heterocycles. The normalized spacial score (nSPS) is 13.8. The Kier molecular flexibility index (Phi) is 6.09. The van der Waals surface area contributed by atoms with E-state index in [9.17, 15) is 14.0 Å².